The highest BCUT2D eigenvalue weighted by molar-refractivity contribution is 7.89. The van der Waals surface area contributed by atoms with Gasteiger partial charge in [-0.15, -0.1) is 0 Å². The van der Waals surface area contributed by atoms with Gasteiger partial charge >= 0.3 is 5.91 Å². The molecule has 2 aromatic rings. The van der Waals surface area contributed by atoms with Crippen LogP contribution in [-0.4, -0.2) is 37.6 Å². The van der Waals surface area contributed by atoms with Gasteiger partial charge in [-0.1, -0.05) is 18.6 Å². The quantitative estimate of drug-likeness (QED) is 0.713. The summed E-state index contributed by atoms with van der Waals surface area (Å²) in [5.41, 5.74) is 5.43. The molecule has 0 atom stereocenters. The number of rotatable bonds is 6. The summed E-state index contributed by atoms with van der Waals surface area (Å²) in [7, 11) is -3.45. The normalized spacial score (nSPS) is 15.1. The molecule has 3 rings (SSSR count). The van der Waals surface area contributed by atoms with Gasteiger partial charge in [0.05, 0.1) is 11.2 Å². The average molecular weight is 405 g/mol. The summed E-state index contributed by atoms with van der Waals surface area (Å²) in [6, 6.07) is 9.65. The fraction of sp³-hybridized carbons (Fsp3) is 0.368. The highest BCUT2D eigenvalue weighted by Crippen LogP contribution is 2.21. The van der Waals surface area contributed by atoms with Gasteiger partial charge in [-0.25, -0.2) is 8.42 Å². The standard InChI is InChI=1S/C19H23N3O5S/c23-18(20-21-19(24)17-5-4-14-27-17)11-8-15-6-9-16(10-7-15)28(25,26)22-12-2-1-3-13-22/h4-7,9-10,14H,1-3,8,11-13H2,(H,20,23)(H,21,24). The maximum Gasteiger partial charge on any atom is 0.305 e. The lowest BCUT2D eigenvalue weighted by Gasteiger charge is -2.25. The van der Waals surface area contributed by atoms with Gasteiger partial charge in [-0.3, -0.25) is 20.4 Å². The molecule has 1 aliphatic rings. The highest BCUT2D eigenvalue weighted by atomic mass is 32.2. The van der Waals surface area contributed by atoms with Crippen molar-refractivity contribution in [2.24, 2.45) is 0 Å². The van der Waals surface area contributed by atoms with Crippen LogP contribution in [-0.2, 0) is 21.2 Å². The summed E-state index contributed by atoms with van der Waals surface area (Å²) in [5, 5.41) is 0. The van der Waals surface area contributed by atoms with Gasteiger partial charge in [-0.2, -0.15) is 4.31 Å². The first-order valence-corrected chi connectivity index (χ1v) is 10.6. The van der Waals surface area contributed by atoms with E-state index < -0.39 is 15.9 Å². The predicted molar refractivity (Wildman–Crippen MR) is 102 cm³/mol. The van der Waals surface area contributed by atoms with Crippen LogP contribution in [0.1, 0.15) is 41.8 Å². The van der Waals surface area contributed by atoms with Crippen LogP contribution in [0.4, 0.5) is 0 Å². The molecule has 0 radical (unpaired) electrons. The molecule has 8 nitrogen and oxygen atoms in total. The summed E-state index contributed by atoms with van der Waals surface area (Å²) in [6.07, 6.45) is 4.79. The Bertz CT molecular complexity index is 902. The van der Waals surface area contributed by atoms with Crippen LogP contribution in [0, 0.1) is 0 Å². The highest BCUT2D eigenvalue weighted by Gasteiger charge is 2.25. The maximum absolute atomic E-state index is 12.6. The maximum atomic E-state index is 12.6. The second-order valence-electron chi connectivity index (χ2n) is 6.59. The van der Waals surface area contributed by atoms with E-state index in [2.05, 4.69) is 10.9 Å². The number of aryl methyl sites for hydroxylation is 1. The minimum atomic E-state index is -3.45. The van der Waals surface area contributed by atoms with E-state index in [4.69, 9.17) is 4.42 Å². The Morgan fingerprint density at radius 3 is 2.36 bits per heavy atom. The first kappa shape index (κ1) is 20.1. The fourth-order valence-electron chi connectivity index (χ4n) is 3.00. The Hall–Kier alpha value is -2.65. The Labute approximate surface area is 163 Å². The van der Waals surface area contributed by atoms with E-state index in [0.29, 0.717) is 19.5 Å². The van der Waals surface area contributed by atoms with Crippen LogP contribution in [0.2, 0.25) is 0 Å². The van der Waals surface area contributed by atoms with E-state index in [0.717, 1.165) is 24.8 Å². The summed E-state index contributed by atoms with van der Waals surface area (Å²) in [6.45, 7) is 1.13. The second-order valence-corrected chi connectivity index (χ2v) is 8.53. The lowest BCUT2D eigenvalue weighted by atomic mass is 10.1. The molecule has 1 aromatic heterocycles. The molecule has 1 saturated heterocycles. The summed E-state index contributed by atoms with van der Waals surface area (Å²) < 4.78 is 31.7. The Kier molecular flexibility index (Phi) is 6.48. The molecule has 0 unspecified atom stereocenters. The van der Waals surface area contributed by atoms with E-state index in [-0.39, 0.29) is 23.0 Å². The number of furan rings is 1. The largest absolute Gasteiger partial charge is 0.459 e. The molecule has 28 heavy (non-hydrogen) atoms. The van der Waals surface area contributed by atoms with Crippen LogP contribution in [0.15, 0.2) is 52.0 Å². The number of hydrogen-bond donors (Lipinski definition) is 2. The average Bonchev–Trinajstić information content (AvgIpc) is 3.26. The molecule has 2 N–H and O–H groups in total. The number of hydrazine groups is 1. The van der Waals surface area contributed by atoms with Crippen LogP contribution in [0.25, 0.3) is 0 Å². The van der Waals surface area contributed by atoms with Crippen LogP contribution < -0.4 is 10.9 Å². The number of hydrogen-bond acceptors (Lipinski definition) is 5. The molecular weight excluding hydrogens is 382 g/mol. The van der Waals surface area contributed by atoms with E-state index in [1.165, 1.54) is 16.6 Å². The second kappa shape index (κ2) is 9.03. The molecule has 0 bridgehead atoms. The summed E-state index contributed by atoms with van der Waals surface area (Å²) in [4.78, 5) is 23.8. The van der Waals surface area contributed by atoms with Crippen molar-refractivity contribution in [1.82, 2.24) is 15.2 Å². The third-order valence-corrected chi connectivity index (χ3v) is 6.49. The number of carbonyl (C=O) groups excluding carboxylic acids is 2. The molecule has 0 saturated carbocycles. The third-order valence-electron chi connectivity index (χ3n) is 4.58. The van der Waals surface area contributed by atoms with Gasteiger partial charge in [0.25, 0.3) is 0 Å². The number of amides is 2. The first-order valence-electron chi connectivity index (χ1n) is 9.18. The first-order chi connectivity index (χ1) is 13.5. The van der Waals surface area contributed by atoms with Crippen LogP contribution >= 0.6 is 0 Å². The number of piperidine rings is 1. The van der Waals surface area contributed by atoms with Crippen molar-refractivity contribution in [2.45, 2.75) is 37.0 Å². The molecule has 2 amide bonds. The molecule has 1 fully saturated rings. The zero-order valence-corrected chi connectivity index (χ0v) is 16.2. The molecule has 0 spiro atoms. The Morgan fingerprint density at radius 2 is 1.71 bits per heavy atom. The van der Waals surface area contributed by atoms with Crippen molar-refractivity contribution >= 4 is 21.8 Å². The van der Waals surface area contributed by atoms with Crippen molar-refractivity contribution in [3.63, 3.8) is 0 Å². The smallest absolute Gasteiger partial charge is 0.305 e. The molecule has 2 heterocycles. The minimum absolute atomic E-state index is 0.103. The lowest BCUT2D eigenvalue weighted by molar-refractivity contribution is -0.121. The van der Waals surface area contributed by atoms with Gasteiger partial charge in [0.15, 0.2) is 5.76 Å². The molecule has 150 valence electrons. The van der Waals surface area contributed by atoms with Gasteiger partial charge in [0.2, 0.25) is 15.9 Å². The van der Waals surface area contributed by atoms with Crippen LogP contribution in [0.5, 0.6) is 0 Å². The SMILES string of the molecule is O=C(CCc1ccc(S(=O)(=O)N2CCCCC2)cc1)NNC(=O)c1ccco1. The van der Waals surface area contributed by atoms with Crippen LogP contribution in [0.3, 0.4) is 0 Å². The molecular formula is C19H23N3O5S. The topological polar surface area (TPSA) is 109 Å². The monoisotopic (exact) mass is 405 g/mol. The minimum Gasteiger partial charge on any atom is -0.459 e. The zero-order valence-electron chi connectivity index (χ0n) is 15.4. The number of nitrogens with zero attached hydrogens (tertiary/aromatic N) is 1. The lowest BCUT2D eigenvalue weighted by Crippen LogP contribution is -2.41. The van der Waals surface area contributed by atoms with Crippen molar-refractivity contribution in [1.29, 1.82) is 0 Å². The fourth-order valence-corrected chi connectivity index (χ4v) is 4.52. The van der Waals surface area contributed by atoms with Gasteiger partial charge in [0.1, 0.15) is 0 Å². The van der Waals surface area contributed by atoms with E-state index in [9.17, 15) is 18.0 Å². The van der Waals surface area contributed by atoms with Gasteiger partial charge < -0.3 is 4.42 Å². The number of carbonyl (C=O) groups is 2. The predicted octanol–water partition coefficient (Wildman–Crippen LogP) is 1.85. The number of benzene rings is 1. The van der Waals surface area contributed by atoms with Crippen molar-refractivity contribution < 1.29 is 22.4 Å². The molecule has 0 aliphatic carbocycles. The Morgan fingerprint density at radius 1 is 1.00 bits per heavy atom. The van der Waals surface area contributed by atoms with E-state index in [1.54, 1.807) is 30.3 Å². The zero-order chi connectivity index (χ0) is 20.0. The molecule has 1 aromatic carbocycles. The Balaban J connectivity index is 1.48. The van der Waals surface area contributed by atoms with Gasteiger partial charge in [0, 0.05) is 19.5 Å². The summed E-state index contributed by atoms with van der Waals surface area (Å²) >= 11 is 0. The van der Waals surface area contributed by atoms with Crippen molar-refractivity contribution in [3.05, 3.63) is 54.0 Å². The molecule has 1 aliphatic heterocycles. The summed E-state index contributed by atoms with van der Waals surface area (Å²) in [5.74, 6) is -0.790. The van der Waals surface area contributed by atoms with E-state index in [1.807, 2.05) is 0 Å². The third kappa shape index (κ3) is 4.99. The number of nitrogens with one attached hydrogen (secondary N) is 2. The number of sulfonamides is 1. The van der Waals surface area contributed by atoms with E-state index >= 15 is 0 Å². The van der Waals surface area contributed by atoms with Crippen molar-refractivity contribution in [2.75, 3.05) is 13.1 Å². The van der Waals surface area contributed by atoms with Crippen molar-refractivity contribution in [3.8, 4) is 0 Å². The molecule has 9 heteroatoms. The van der Waals surface area contributed by atoms with Gasteiger partial charge in [-0.05, 0) is 49.1 Å².